The molecular formula is C14H17NO3. The van der Waals surface area contributed by atoms with Crippen molar-refractivity contribution in [3.05, 3.63) is 35.9 Å². The second kappa shape index (κ2) is 5.21. The fourth-order valence-corrected chi connectivity index (χ4v) is 2.16. The molecule has 2 rings (SSSR count). The summed E-state index contributed by atoms with van der Waals surface area (Å²) in [6.45, 7) is 1.86. The topological polar surface area (TPSA) is 66.4 Å². The third-order valence-electron chi connectivity index (χ3n) is 3.53. The van der Waals surface area contributed by atoms with Gasteiger partial charge in [0.05, 0.1) is 11.8 Å². The number of carboxylic acids is 1. The van der Waals surface area contributed by atoms with E-state index in [2.05, 4.69) is 5.32 Å². The molecule has 1 saturated carbocycles. The molecule has 4 nitrogen and oxygen atoms in total. The molecule has 0 unspecified atom stereocenters. The lowest BCUT2D eigenvalue weighted by Crippen LogP contribution is -2.47. The normalized spacial score (nSPS) is 23.8. The highest BCUT2D eigenvalue weighted by molar-refractivity contribution is 5.83. The average Bonchev–Trinajstić information content (AvgIpc) is 2.32. The first-order valence-electron chi connectivity index (χ1n) is 6.16. The molecule has 1 aliphatic rings. The summed E-state index contributed by atoms with van der Waals surface area (Å²) < 4.78 is 0. The van der Waals surface area contributed by atoms with Crippen LogP contribution in [-0.2, 0) is 9.59 Å². The minimum atomic E-state index is -0.767. The second-order valence-electron chi connectivity index (χ2n) is 4.84. The van der Waals surface area contributed by atoms with Crippen molar-refractivity contribution in [3.63, 3.8) is 0 Å². The van der Waals surface area contributed by atoms with Crippen molar-refractivity contribution in [2.75, 3.05) is 0 Å². The van der Waals surface area contributed by atoms with Crippen molar-refractivity contribution in [1.82, 2.24) is 5.32 Å². The molecule has 96 valence electrons. The highest BCUT2D eigenvalue weighted by Gasteiger charge is 2.35. The Labute approximate surface area is 106 Å². The van der Waals surface area contributed by atoms with Crippen LogP contribution >= 0.6 is 0 Å². The van der Waals surface area contributed by atoms with E-state index in [-0.39, 0.29) is 23.8 Å². The summed E-state index contributed by atoms with van der Waals surface area (Å²) >= 11 is 0. The van der Waals surface area contributed by atoms with Gasteiger partial charge in [-0.3, -0.25) is 9.59 Å². The van der Waals surface area contributed by atoms with Gasteiger partial charge in [0, 0.05) is 6.04 Å². The minimum absolute atomic E-state index is 0.0183. The van der Waals surface area contributed by atoms with Crippen molar-refractivity contribution in [2.24, 2.45) is 5.92 Å². The lowest BCUT2D eigenvalue weighted by atomic mass is 9.80. The van der Waals surface area contributed by atoms with E-state index in [4.69, 9.17) is 5.11 Å². The number of hydrogen-bond acceptors (Lipinski definition) is 2. The van der Waals surface area contributed by atoms with Crippen molar-refractivity contribution in [3.8, 4) is 0 Å². The molecule has 0 saturated heterocycles. The molecule has 0 radical (unpaired) electrons. The molecule has 0 bridgehead atoms. The largest absolute Gasteiger partial charge is 0.481 e. The molecule has 2 N–H and O–H groups in total. The molecule has 1 atom stereocenters. The molecule has 0 spiro atoms. The highest BCUT2D eigenvalue weighted by Crippen LogP contribution is 2.28. The summed E-state index contributed by atoms with van der Waals surface area (Å²) in [7, 11) is 0. The van der Waals surface area contributed by atoms with Gasteiger partial charge in [-0.1, -0.05) is 30.3 Å². The summed E-state index contributed by atoms with van der Waals surface area (Å²) in [6, 6.07) is 9.59. The van der Waals surface area contributed by atoms with Gasteiger partial charge in [0.25, 0.3) is 0 Å². The van der Waals surface area contributed by atoms with Gasteiger partial charge in [0.1, 0.15) is 0 Å². The summed E-state index contributed by atoms with van der Waals surface area (Å²) in [5.74, 6) is -1.29. The number of rotatable bonds is 4. The first kappa shape index (κ1) is 12.6. The maximum Gasteiger partial charge on any atom is 0.306 e. The third-order valence-corrected chi connectivity index (χ3v) is 3.53. The highest BCUT2D eigenvalue weighted by atomic mass is 16.4. The smallest absolute Gasteiger partial charge is 0.306 e. The predicted octanol–water partition coefficient (Wildman–Crippen LogP) is 1.77. The van der Waals surface area contributed by atoms with Crippen molar-refractivity contribution in [1.29, 1.82) is 0 Å². The molecule has 0 aromatic heterocycles. The van der Waals surface area contributed by atoms with Crippen LogP contribution in [0.1, 0.15) is 31.2 Å². The Morgan fingerprint density at radius 3 is 2.44 bits per heavy atom. The third kappa shape index (κ3) is 2.70. The Hall–Kier alpha value is -1.84. The molecule has 4 heteroatoms. The van der Waals surface area contributed by atoms with Gasteiger partial charge >= 0.3 is 5.97 Å². The minimum Gasteiger partial charge on any atom is -0.481 e. The Bertz CT molecular complexity index is 438. The number of carbonyl (C=O) groups is 2. The second-order valence-corrected chi connectivity index (χ2v) is 4.84. The van der Waals surface area contributed by atoms with E-state index < -0.39 is 5.97 Å². The number of hydrogen-bond donors (Lipinski definition) is 2. The molecular weight excluding hydrogens is 230 g/mol. The van der Waals surface area contributed by atoms with Gasteiger partial charge < -0.3 is 10.4 Å². The Morgan fingerprint density at radius 1 is 1.28 bits per heavy atom. The first-order valence-corrected chi connectivity index (χ1v) is 6.16. The van der Waals surface area contributed by atoms with Gasteiger partial charge in [-0.2, -0.15) is 0 Å². The lowest BCUT2D eigenvalue weighted by molar-refractivity contribution is -0.146. The van der Waals surface area contributed by atoms with E-state index in [1.807, 2.05) is 37.3 Å². The maximum atomic E-state index is 12.0. The van der Waals surface area contributed by atoms with Crippen molar-refractivity contribution < 1.29 is 14.7 Å². The Morgan fingerprint density at radius 2 is 1.89 bits per heavy atom. The van der Waals surface area contributed by atoms with Crippen LogP contribution in [0.4, 0.5) is 0 Å². The van der Waals surface area contributed by atoms with E-state index >= 15 is 0 Å². The quantitative estimate of drug-likeness (QED) is 0.852. The zero-order chi connectivity index (χ0) is 13.1. The monoisotopic (exact) mass is 247 g/mol. The number of carbonyl (C=O) groups excluding carboxylic acids is 1. The number of amides is 1. The molecule has 1 fully saturated rings. The van der Waals surface area contributed by atoms with Crippen LogP contribution < -0.4 is 5.32 Å². The molecule has 18 heavy (non-hydrogen) atoms. The molecule has 1 aromatic carbocycles. The van der Waals surface area contributed by atoms with Crippen LogP contribution in [0.2, 0.25) is 0 Å². The molecule has 0 aliphatic heterocycles. The van der Waals surface area contributed by atoms with E-state index in [1.54, 1.807) is 0 Å². The van der Waals surface area contributed by atoms with Crippen LogP contribution in [0, 0.1) is 5.92 Å². The summed E-state index contributed by atoms with van der Waals surface area (Å²) in [5.41, 5.74) is 0.976. The van der Waals surface area contributed by atoms with Crippen LogP contribution in [0.3, 0.4) is 0 Å². The van der Waals surface area contributed by atoms with Crippen LogP contribution in [0.5, 0.6) is 0 Å². The van der Waals surface area contributed by atoms with Gasteiger partial charge in [0.2, 0.25) is 5.91 Å². The number of nitrogens with one attached hydrogen (secondary N) is 1. The molecule has 1 aliphatic carbocycles. The fourth-order valence-electron chi connectivity index (χ4n) is 2.16. The Kier molecular flexibility index (Phi) is 3.65. The van der Waals surface area contributed by atoms with Crippen LogP contribution in [0.15, 0.2) is 30.3 Å². The summed E-state index contributed by atoms with van der Waals surface area (Å²) in [4.78, 5) is 22.6. The van der Waals surface area contributed by atoms with E-state index in [9.17, 15) is 9.59 Å². The zero-order valence-electron chi connectivity index (χ0n) is 10.3. The zero-order valence-corrected chi connectivity index (χ0v) is 10.3. The van der Waals surface area contributed by atoms with E-state index in [0.29, 0.717) is 12.8 Å². The van der Waals surface area contributed by atoms with E-state index in [1.165, 1.54) is 0 Å². The van der Waals surface area contributed by atoms with Crippen LogP contribution in [0.25, 0.3) is 0 Å². The Balaban J connectivity index is 1.84. The summed E-state index contributed by atoms with van der Waals surface area (Å²) in [6.07, 6.45) is 1.09. The number of aliphatic carboxylic acids is 1. The number of carboxylic acid groups (broad SMARTS) is 1. The molecule has 0 heterocycles. The molecule has 1 aromatic rings. The lowest BCUT2D eigenvalue weighted by Gasteiger charge is -2.33. The standard InChI is InChI=1S/C14H17NO3/c1-9(10-5-3-2-4-6-10)13(16)15-12-7-11(8-12)14(17)18/h2-6,9,11-12H,7-8H2,1H3,(H,15,16)(H,17,18)/t9-,11?,12?/m1/s1. The first-order chi connectivity index (χ1) is 8.58. The SMILES string of the molecule is C[C@@H](C(=O)NC1CC(C(=O)O)C1)c1ccccc1. The van der Waals surface area contributed by atoms with Gasteiger partial charge in [-0.25, -0.2) is 0 Å². The molecule has 1 amide bonds. The van der Waals surface area contributed by atoms with Gasteiger partial charge in [0.15, 0.2) is 0 Å². The maximum absolute atomic E-state index is 12.0. The van der Waals surface area contributed by atoms with Crippen LogP contribution in [-0.4, -0.2) is 23.0 Å². The van der Waals surface area contributed by atoms with E-state index in [0.717, 1.165) is 5.56 Å². The fraction of sp³-hybridized carbons (Fsp3) is 0.429. The van der Waals surface area contributed by atoms with Crippen molar-refractivity contribution in [2.45, 2.75) is 31.7 Å². The summed E-state index contributed by atoms with van der Waals surface area (Å²) in [5, 5.41) is 11.7. The van der Waals surface area contributed by atoms with Gasteiger partial charge in [-0.05, 0) is 25.3 Å². The number of benzene rings is 1. The average molecular weight is 247 g/mol. The van der Waals surface area contributed by atoms with Crippen molar-refractivity contribution >= 4 is 11.9 Å². The predicted molar refractivity (Wildman–Crippen MR) is 67.1 cm³/mol. The van der Waals surface area contributed by atoms with Gasteiger partial charge in [-0.15, -0.1) is 0 Å².